The third kappa shape index (κ3) is 2.17. The van der Waals surface area contributed by atoms with E-state index >= 15 is 0 Å². The molecule has 0 aromatic heterocycles. The van der Waals surface area contributed by atoms with Crippen molar-refractivity contribution in [3.63, 3.8) is 0 Å². The van der Waals surface area contributed by atoms with Crippen LogP contribution in [-0.4, -0.2) is 0 Å². The van der Waals surface area contributed by atoms with E-state index < -0.39 is 0 Å². The average molecular weight is 123 g/mol. The van der Waals surface area contributed by atoms with Gasteiger partial charge in [-0.2, -0.15) is 0 Å². The van der Waals surface area contributed by atoms with Crippen molar-refractivity contribution in [3.05, 3.63) is 36.1 Å². The van der Waals surface area contributed by atoms with Crippen LogP contribution in [0.3, 0.4) is 0 Å². The molecule has 1 heteroatoms. The summed E-state index contributed by atoms with van der Waals surface area (Å²) in [5.74, 6) is 0. The summed E-state index contributed by atoms with van der Waals surface area (Å²) in [6.07, 6.45) is 1.72. The average Bonchev–Trinajstić information content (AvgIpc) is 1.64. The second-order valence-electron chi connectivity index (χ2n) is 2.08. The first-order valence-electron chi connectivity index (χ1n) is 2.84. The molecule has 0 aromatic rings. The van der Waals surface area contributed by atoms with Gasteiger partial charge >= 0.3 is 0 Å². The third-order valence-corrected chi connectivity index (χ3v) is 1.09. The maximum atomic E-state index is 5.50. The molecule has 0 spiro atoms. The van der Waals surface area contributed by atoms with Gasteiger partial charge in [0.05, 0.1) is 0 Å². The second kappa shape index (κ2) is 3.13. The Balaban J connectivity index is 4.55. The lowest BCUT2D eigenvalue weighted by Gasteiger charge is -2.00. The van der Waals surface area contributed by atoms with E-state index in [0.717, 1.165) is 16.8 Å². The van der Waals surface area contributed by atoms with Gasteiger partial charge in [0, 0.05) is 5.70 Å². The summed E-state index contributed by atoms with van der Waals surface area (Å²) < 4.78 is 0. The summed E-state index contributed by atoms with van der Waals surface area (Å²) >= 11 is 0. The third-order valence-electron chi connectivity index (χ3n) is 1.09. The van der Waals surface area contributed by atoms with Gasteiger partial charge in [-0.05, 0) is 25.0 Å². The Bertz CT molecular complexity index is 159. The van der Waals surface area contributed by atoms with Crippen LogP contribution in [0.25, 0.3) is 0 Å². The second-order valence-corrected chi connectivity index (χ2v) is 2.08. The number of rotatable bonds is 2. The highest BCUT2D eigenvalue weighted by Crippen LogP contribution is 2.09. The van der Waals surface area contributed by atoms with Crippen LogP contribution in [0.15, 0.2) is 36.1 Å². The molecule has 9 heavy (non-hydrogen) atoms. The fourth-order valence-electron chi connectivity index (χ4n) is 0.672. The van der Waals surface area contributed by atoms with Crippen LogP contribution in [0.1, 0.15) is 13.8 Å². The molecule has 0 fully saturated rings. The maximum Gasteiger partial charge on any atom is 0.0125 e. The van der Waals surface area contributed by atoms with Crippen molar-refractivity contribution in [3.8, 4) is 0 Å². The Morgan fingerprint density at radius 2 is 1.89 bits per heavy atom. The van der Waals surface area contributed by atoms with Crippen LogP contribution in [0.4, 0.5) is 0 Å². The lowest BCUT2D eigenvalue weighted by atomic mass is 10.1. The molecule has 0 aromatic carbocycles. The van der Waals surface area contributed by atoms with Gasteiger partial charge in [0.15, 0.2) is 0 Å². The van der Waals surface area contributed by atoms with Crippen LogP contribution in [0.2, 0.25) is 0 Å². The first-order valence-corrected chi connectivity index (χ1v) is 2.84. The fraction of sp³-hybridized carbons (Fsp3) is 0.250. The molecule has 2 N–H and O–H groups in total. The zero-order valence-corrected chi connectivity index (χ0v) is 6.07. The molecular weight excluding hydrogens is 110 g/mol. The normalized spacial score (nSPS) is 12.2. The van der Waals surface area contributed by atoms with Crippen molar-refractivity contribution in [2.75, 3.05) is 0 Å². The summed E-state index contributed by atoms with van der Waals surface area (Å²) in [5.41, 5.74) is 8.19. The minimum Gasteiger partial charge on any atom is -0.402 e. The van der Waals surface area contributed by atoms with E-state index in [2.05, 4.69) is 13.2 Å². The molecule has 0 radical (unpaired) electrons. The zero-order valence-electron chi connectivity index (χ0n) is 6.07. The summed E-state index contributed by atoms with van der Waals surface area (Å²) in [6, 6.07) is 0. The quantitative estimate of drug-likeness (QED) is 0.558. The van der Waals surface area contributed by atoms with Crippen LogP contribution in [-0.2, 0) is 0 Å². The van der Waals surface area contributed by atoms with E-state index in [1.807, 2.05) is 13.8 Å². The van der Waals surface area contributed by atoms with Crippen molar-refractivity contribution in [2.24, 2.45) is 5.73 Å². The molecule has 0 bridgehead atoms. The van der Waals surface area contributed by atoms with Crippen molar-refractivity contribution in [2.45, 2.75) is 13.8 Å². The Hall–Kier alpha value is -0.980. The van der Waals surface area contributed by atoms with Crippen LogP contribution in [0.5, 0.6) is 0 Å². The number of allylic oxidation sites excluding steroid dienone is 4. The minimum absolute atomic E-state index is 0.775. The van der Waals surface area contributed by atoms with E-state index in [0.29, 0.717) is 0 Å². The van der Waals surface area contributed by atoms with Gasteiger partial charge in [-0.3, -0.25) is 0 Å². The lowest BCUT2D eigenvalue weighted by Crippen LogP contribution is -1.96. The van der Waals surface area contributed by atoms with Crippen molar-refractivity contribution < 1.29 is 0 Å². The van der Waals surface area contributed by atoms with Gasteiger partial charge in [-0.1, -0.05) is 19.2 Å². The summed E-state index contributed by atoms with van der Waals surface area (Å²) in [5, 5.41) is 0. The van der Waals surface area contributed by atoms with E-state index in [4.69, 9.17) is 5.73 Å². The van der Waals surface area contributed by atoms with Crippen LogP contribution >= 0.6 is 0 Å². The van der Waals surface area contributed by atoms with Crippen molar-refractivity contribution in [1.29, 1.82) is 0 Å². The molecule has 50 valence electrons. The first-order chi connectivity index (χ1) is 4.09. The molecule has 0 amide bonds. The van der Waals surface area contributed by atoms with Gasteiger partial charge in [-0.25, -0.2) is 0 Å². The predicted octanol–water partition coefficient (Wildman–Crippen LogP) is 1.98. The zero-order chi connectivity index (χ0) is 7.44. The Kier molecular flexibility index (Phi) is 2.79. The molecular formula is C8H13N. The SMILES string of the molecule is C=C/C(C(=C)C)=C(/C)N. The largest absolute Gasteiger partial charge is 0.402 e. The standard InChI is InChI=1S/C8H13N/c1-5-8(6(2)3)7(4)9/h5H,1-2,9H2,3-4H3/b8-7+. The first kappa shape index (κ1) is 8.02. The van der Waals surface area contributed by atoms with Crippen molar-refractivity contribution in [1.82, 2.24) is 0 Å². The molecule has 0 saturated heterocycles. The van der Waals surface area contributed by atoms with E-state index in [1.165, 1.54) is 0 Å². The smallest absolute Gasteiger partial charge is 0.0125 e. The highest BCUT2D eigenvalue weighted by Gasteiger charge is 1.92. The Morgan fingerprint density at radius 3 is 1.89 bits per heavy atom. The highest BCUT2D eigenvalue weighted by atomic mass is 14.6. The summed E-state index contributed by atoms with van der Waals surface area (Å²) in [7, 11) is 0. The molecule has 0 aliphatic heterocycles. The maximum absolute atomic E-state index is 5.50. The van der Waals surface area contributed by atoms with Gasteiger partial charge in [-0.15, -0.1) is 0 Å². The van der Waals surface area contributed by atoms with Crippen LogP contribution in [0, 0.1) is 0 Å². The Labute approximate surface area is 56.6 Å². The molecule has 0 aliphatic rings. The van der Waals surface area contributed by atoms with Crippen molar-refractivity contribution >= 4 is 0 Å². The predicted molar refractivity (Wildman–Crippen MR) is 41.9 cm³/mol. The lowest BCUT2D eigenvalue weighted by molar-refractivity contribution is 1.24. The molecule has 0 unspecified atom stereocenters. The molecule has 0 saturated carbocycles. The van der Waals surface area contributed by atoms with Gasteiger partial charge in [0.25, 0.3) is 0 Å². The Morgan fingerprint density at radius 1 is 1.44 bits per heavy atom. The fourth-order valence-corrected chi connectivity index (χ4v) is 0.672. The molecule has 0 atom stereocenters. The molecule has 1 nitrogen and oxygen atoms in total. The molecule has 0 aliphatic carbocycles. The number of hydrogen-bond donors (Lipinski definition) is 1. The topological polar surface area (TPSA) is 26.0 Å². The summed E-state index contributed by atoms with van der Waals surface area (Å²) in [4.78, 5) is 0. The van der Waals surface area contributed by atoms with Gasteiger partial charge in [0.2, 0.25) is 0 Å². The number of nitrogens with two attached hydrogens (primary N) is 1. The number of hydrogen-bond acceptors (Lipinski definition) is 1. The monoisotopic (exact) mass is 123 g/mol. The van der Waals surface area contributed by atoms with Gasteiger partial charge in [0.1, 0.15) is 0 Å². The van der Waals surface area contributed by atoms with Crippen LogP contribution < -0.4 is 5.73 Å². The highest BCUT2D eigenvalue weighted by molar-refractivity contribution is 5.37. The van der Waals surface area contributed by atoms with E-state index in [-0.39, 0.29) is 0 Å². The summed E-state index contributed by atoms with van der Waals surface area (Å²) in [6.45, 7) is 11.1. The van der Waals surface area contributed by atoms with Gasteiger partial charge < -0.3 is 5.73 Å². The molecule has 0 heterocycles. The minimum atomic E-state index is 0.775. The van der Waals surface area contributed by atoms with E-state index in [1.54, 1.807) is 6.08 Å². The molecule has 0 rings (SSSR count). The van der Waals surface area contributed by atoms with E-state index in [9.17, 15) is 0 Å².